The third kappa shape index (κ3) is 1.21. The normalized spacial score (nSPS) is 18.2. The standard InChI is InChI=1S/C18H17N3/c1-8-11-4-2-3-9-5-13(16(9)11)17-10-6-12(15(8)17)14(7-10)18(19,20)21/h2-4,7H,5-6,19-21H2,1H3. The molecule has 0 saturated heterocycles. The van der Waals surface area contributed by atoms with Gasteiger partial charge in [-0.05, 0) is 75.6 Å². The predicted molar refractivity (Wildman–Crippen MR) is 86.3 cm³/mol. The molecule has 104 valence electrons. The summed E-state index contributed by atoms with van der Waals surface area (Å²) in [6.07, 6.45) is 4.12. The van der Waals surface area contributed by atoms with Crippen molar-refractivity contribution >= 4 is 21.9 Å². The molecular weight excluding hydrogens is 258 g/mol. The number of hydrogen-bond donors (Lipinski definition) is 3. The molecule has 0 unspecified atom stereocenters. The predicted octanol–water partition coefficient (Wildman–Crippen LogP) is 2.14. The van der Waals surface area contributed by atoms with Crippen LogP contribution in [-0.4, -0.2) is 5.79 Å². The molecule has 6 N–H and O–H groups in total. The Kier molecular flexibility index (Phi) is 1.82. The summed E-state index contributed by atoms with van der Waals surface area (Å²) < 4.78 is 0. The van der Waals surface area contributed by atoms with E-state index in [9.17, 15) is 0 Å². The molecule has 2 bridgehead atoms. The van der Waals surface area contributed by atoms with Crippen LogP contribution in [0.3, 0.4) is 0 Å². The van der Waals surface area contributed by atoms with Gasteiger partial charge in [0.2, 0.25) is 0 Å². The van der Waals surface area contributed by atoms with E-state index in [4.69, 9.17) is 17.2 Å². The lowest BCUT2D eigenvalue weighted by Gasteiger charge is -2.29. The van der Waals surface area contributed by atoms with Crippen molar-refractivity contribution in [3.63, 3.8) is 0 Å². The van der Waals surface area contributed by atoms with Crippen LogP contribution in [-0.2, 0) is 6.42 Å². The summed E-state index contributed by atoms with van der Waals surface area (Å²) in [5.74, 6) is -1.25. The van der Waals surface area contributed by atoms with E-state index in [1.807, 2.05) is 0 Å². The lowest BCUT2D eigenvalue weighted by molar-refractivity contribution is 0.560. The molecular formula is C18H17N3. The Hall–Kier alpha value is -1.94. The fourth-order valence-corrected chi connectivity index (χ4v) is 4.37. The van der Waals surface area contributed by atoms with Gasteiger partial charge in [-0.2, -0.15) is 0 Å². The summed E-state index contributed by atoms with van der Waals surface area (Å²) in [6, 6.07) is 6.61. The Morgan fingerprint density at radius 3 is 2.62 bits per heavy atom. The van der Waals surface area contributed by atoms with E-state index in [2.05, 4.69) is 31.2 Å². The van der Waals surface area contributed by atoms with Crippen molar-refractivity contribution in [2.45, 2.75) is 25.6 Å². The molecule has 0 aromatic heterocycles. The number of aryl methyl sites for hydroxylation is 1. The highest BCUT2D eigenvalue weighted by atomic mass is 15.1. The SMILES string of the molecule is Cc1c2c(c3c4c(cccc14)C3)C1=CC(C(N)(N)N)=C2C1. The molecule has 0 radical (unpaired) electrons. The van der Waals surface area contributed by atoms with Gasteiger partial charge < -0.3 is 0 Å². The molecule has 0 saturated carbocycles. The second-order valence-corrected chi connectivity index (χ2v) is 6.54. The fourth-order valence-electron chi connectivity index (χ4n) is 4.37. The van der Waals surface area contributed by atoms with Gasteiger partial charge in [0, 0.05) is 5.57 Å². The minimum Gasteiger partial charge on any atom is -0.297 e. The molecule has 3 aliphatic carbocycles. The zero-order chi connectivity index (χ0) is 14.5. The fraction of sp³-hybridized carbons (Fsp3) is 0.222. The molecule has 0 spiro atoms. The number of benzene rings is 2. The van der Waals surface area contributed by atoms with Crippen LogP contribution in [0, 0.1) is 6.92 Å². The average molecular weight is 275 g/mol. The van der Waals surface area contributed by atoms with Gasteiger partial charge in [-0.15, -0.1) is 0 Å². The van der Waals surface area contributed by atoms with Crippen LogP contribution < -0.4 is 17.2 Å². The van der Waals surface area contributed by atoms with Crippen LogP contribution in [0.15, 0.2) is 29.8 Å². The van der Waals surface area contributed by atoms with Crippen LogP contribution >= 0.6 is 0 Å². The summed E-state index contributed by atoms with van der Waals surface area (Å²) in [5.41, 5.74) is 28.4. The maximum Gasteiger partial charge on any atom is 0.143 e. The Bertz CT molecular complexity index is 924. The van der Waals surface area contributed by atoms with Crippen molar-refractivity contribution in [2.24, 2.45) is 17.2 Å². The molecule has 0 aliphatic heterocycles. The van der Waals surface area contributed by atoms with Crippen molar-refractivity contribution in [3.8, 4) is 0 Å². The zero-order valence-electron chi connectivity index (χ0n) is 12.0. The molecule has 0 fully saturated rings. The summed E-state index contributed by atoms with van der Waals surface area (Å²) in [4.78, 5) is 0. The van der Waals surface area contributed by atoms with Gasteiger partial charge in [0.25, 0.3) is 0 Å². The van der Waals surface area contributed by atoms with Gasteiger partial charge in [-0.25, -0.2) is 0 Å². The monoisotopic (exact) mass is 275 g/mol. The summed E-state index contributed by atoms with van der Waals surface area (Å²) in [6.45, 7) is 2.21. The number of rotatable bonds is 1. The molecule has 0 atom stereocenters. The average Bonchev–Trinajstić information content (AvgIpc) is 2.96. The van der Waals surface area contributed by atoms with Gasteiger partial charge in [-0.3, -0.25) is 17.2 Å². The lowest BCUT2D eigenvalue weighted by Crippen LogP contribution is -2.59. The summed E-state index contributed by atoms with van der Waals surface area (Å²) in [7, 11) is 0. The molecule has 3 nitrogen and oxygen atoms in total. The minimum atomic E-state index is -1.25. The summed E-state index contributed by atoms with van der Waals surface area (Å²) >= 11 is 0. The first-order chi connectivity index (χ1) is 9.97. The van der Waals surface area contributed by atoms with Crippen molar-refractivity contribution in [3.05, 3.63) is 57.7 Å². The van der Waals surface area contributed by atoms with Crippen LogP contribution in [0.1, 0.15) is 34.2 Å². The Morgan fingerprint density at radius 2 is 1.86 bits per heavy atom. The highest BCUT2D eigenvalue weighted by molar-refractivity contribution is 6.11. The van der Waals surface area contributed by atoms with Crippen LogP contribution in [0.4, 0.5) is 0 Å². The molecule has 2 aromatic carbocycles. The molecule has 5 rings (SSSR count). The first-order valence-corrected chi connectivity index (χ1v) is 7.35. The highest BCUT2D eigenvalue weighted by Gasteiger charge is 2.39. The van der Waals surface area contributed by atoms with Gasteiger partial charge in [-0.1, -0.05) is 18.2 Å². The third-order valence-corrected chi connectivity index (χ3v) is 5.25. The van der Waals surface area contributed by atoms with Crippen molar-refractivity contribution in [1.82, 2.24) is 0 Å². The largest absolute Gasteiger partial charge is 0.297 e. The van der Waals surface area contributed by atoms with Crippen molar-refractivity contribution in [1.29, 1.82) is 0 Å². The van der Waals surface area contributed by atoms with E-state index in [0.717, 1.165) is 18.4 Å². The van der Waals surface area contributed by atoms with Gasteiger partial charge >= 0.3 is 0 Å². The van der Waals surface area contributed by atoms with Crippen LogP contribution in [0.2, 0.25) is 0 Å². The van der Waals surface area contributed by atoms with E-state index in [1.54, 1.807) is 0 Å². The number of hydrogen-bond acceptors (Lipinski definition) is 3. The van der Waals surface area contributed by atoms with E-state index < -0.39 is 5.79 Å². The van der Waals surface area contributed by atoms with E-state index in [0.29, 0.717) is 0 Å². The molecule has 0 amide bonds. The van der Waals surface area contributed by atoms with E-state index in [-0.39, 0.29) is 0 Å². The van der Waals surface area contributed by atoms with Crippen LogP contribution in [0.5, 0.6) is 0 Å². The Labute approximate surface area is 123 Å². The third-order valence-electron chi connectivity index (χ3n) is 5.25. The number of nitrogens with two attached hydrogens (primary N) is 3. The van der Waals surface area contributed by atoms with Gasteiger partial charge in [0.05, 0.1) is 0 Å². The van der Waals surface area contributed by atoms with Crippen LogP contribution in [0.25, 0.3) is 21.9 Å². The highest BCUT2D eigenvalue weighted by Crippen LogP contribution is 2.55. The van der Waals surface area contributed by atoms with Gasteiger partial charge in [0.15, 0.2) is 0 Å². The smallest absolute Gasteiger partial charge is 0.143 e. The first-order valence-electron chi connectivity index (χ1n) is 7.35. The quantitative estimate of drug-likeness (QED) is 0.595. The zero-order valence-corrected chi connectivity index (χ0v) is 12.0. The summed E-state index contributed by atoms with van der Waals surface area (Å²) in [5, 5.41) is 2.83. The number of allylic oxidation sites excluding steroid dienone is 2. The Balaban J connectivity index is 1.93. The molecule has 21 heavy (non-hydrogen) atoms. The number of fused-ring (bicyclic) bond motifs is 6. The second kappa shape index (κ2) is 3.28. The first kappa shape index (κ1) is 11.7. The molecule has 3 heteroatoms. The minimum absolute atomic E-state index is 0.898. The van der Waals surface area contributed by atoms with Crippen molar-refractivity contribution < 1.29 is 0 Å². The maximum absolute atomic E-state index is 5.95. The topological polar surface area (TPSA) is 78.1 Å². The second-order valence-electron chi connectivity index (χ2n) is 6.54. The molecule has 0 heterocycles. The lowest BCUT2D eigenvalue weighted by atomic mass is 9.76. The Morgan fingerprint density at radius 1 is 1.05 bits per heavy atom. The maximum atomic E-state index is 5.95. The molecule has 3 aliphatic rings. The van der Waals surface area contributed by atoms with E-state index >= 15 is 0 Å². The van der Waals surface area contributed by atoms with Gasteiger partial charge in [0.1, 0.15) is 5.79 Å². The molecule has 2 aromatic rings. The van der Waals surface area contributed by atoms with Crippen molar-refractivity contribution in [2.75, 3.05) is 0 Å². The van der Waals surface area contributed by atoms with E-state index in [1.165, 1.54) is 49.7 Å².